The molecule has 0 aromatic heterocycles. The number of sulfone groups is 1. The summed E-state index contributed by atoms with van der Waals surface area (Å²) in [6, 6.07) is 0. The van der Waals surface area contributed by atoms with Crippen molar-refractivity contribution in [2.75, 3.05) is 11.5 Å². The second-order valence-corrected chi connectivity index (χ2v) is 6.73. The maximum atomic E-state index is 10.9. The predicted molar refractivity (Wildman–Crippen MR) is 51.4 cm³/mol. The molecule has 11 heavy (non-hydrogen) atoms. The Labute approximate surface area is 75.6 Å². The lowest BCUT2D eigenvalue weighted by Crippen LogP contribution is -2.12. The van der Waals surface area contributed by atoms with Gasteiger partial charge in [-0.2, -0.15) is 0 Å². The van der Waals surface area contributed by atoms with Gasteiger partial charge in [0.25, 0.3) is 0 Å². The highest BCUT2D eigenvalue weighted by Gasteiger charge is 2.28. The molecule has 0 radical (unpaired) electrons. The van der Waals surface area contributed by atoms with Crippen LogP contribution in [0.3, 0.4) is 0 Å². The van der Waals surface area contributed by atoms with Crippen molar-refractivity contribution in [3.63, 3.8) is 0 Å². The van der Waals surface area contributed by atoms with Crippen LogP contribution in [-0.4, -0.2) is 29.5 Å². The molecule has 0 bridgehead atoms. The molecule has 0 aromatic carbocycles. The molecule has 6 heteroatoms. The van der Waals surface area contributed by atoms with Crippen LogP contribution in [0.4, 0.5) is 0 Å². The van der Waals surface area contributed by atoms with Crippen molar-refractivity contribution in [1.29, 1.82) is 0 Å². The standard InChI is InChI=1S/C5H9NO2S3/c6-5(9)10-4-1-2-11(7,8)3-4/h4H,1-3H2,(H2,6,9). The van der Waals surface area contributed by atoms with Crippen LogP contribution in [0.1, 0.15) is 6.42 Å². The van der Waals surface area contributed by atoms with Gasteiger partial charge < -0.3 is 5.73 Å². The van der Waals surface area contributed by atoms with Gasteiger partial charge in [-0.3, -0.25) is 0 Å². The van der Waals surface area contributed by atoms with Gasteiger partial charge in [0.1, 0.15) is 4.32 Å². The topological polar surface area (TPSA) is 60.2 Å². The molecule has 1 unspecified atom stereocenters. The number of hydrogen-bond acceptors (Lipinski definition) is 4. The van der Waals surface area contributed by atoms with Crippen LogP contribution < -0.4 is 5.73 Å². The average molecular weight is 211 g/mol. The summed E-state index contributed by atoms with van der Waals surface area (Å²) in [5, 5.41) is 0.0949. The summed E-state index contributed by atoms with van der Waals surface area (Å²) in [7, 11) is -2.78. The van der Waals surface area contributed by atoms with E-state index >= 15 is 0 Å². The summed E-state index contributed by atoms with van der Waals surface area (Å²) in [5.41, 5.74) is 5.26. The van der Waals surface area contributed by atoms with Crippen molar-refractivity contribution in [2.45, 2.75) is 11.7 Å². The van der Waals surface area contributed by atoms with Gasteiger partial charge >= 0.3 is 0 Å². The van der Waals surface area contributed by atoms with Gasteiger partial charge in [0.15, 0.2) is 9.84 Å². The number of nitrogens with two attached hydrogens (primary N) is 1. The van der Waals surface area contributed by atoms with Crippen LogP contribution in [0.15, 0.2) is 0 Å². The van der Waals surface area contributed by atoms with E-state index in [0.717, 1.165) is 0 Å². The molecular weight excluding hydrogens is 202 g/mol. The van der Waals surface area contributed by atoms with E-state index in [1.54, 1.807) is 0 Å². The Balaban J connectivity index is 2.49. The van der Waals surface area contributed by atoms with E-state index in [9.17, 15) is 8.42 Å². The molecule has 2 N–H and O–H groups in total. The fourth-order valence-corrected chi connectivity index (χ4v) is 4.58. The molecule has 0 amide bonds. The molecule has 0 aliphatic carbocycles. The van der Waals surface area contributed by atoms with E-state index in [1.165, 1.54) is 11.8 Å². The molecule has 1 aliphatic heterocycles. The fraction of sp³-hybridized carbons (Fsp3) is 0.800. The Morgan fingerprint density at radius 2 is 2.27 bits per heavy atom. The summed E-state index contributed by atoms with van der Waals surface area (Å²) in [6.07, 6.45) is 0.685. The van der Waals surface area contributed by atoms with Gasteiger partial charge in [-0.05, 0) is 6.42 Å². The Morgan fingerprint density at radius 1 is 1.64 bits per heavy atom. The molecular formula is C5H9NO2S3. The van der Waals surface area contributed by atoms with Crippen LogP contribution in [0.5, 0.6) is 0 Å². The lowest BCUT2D eigenvalue weighted by Gasteiger charge is -2.02. The third kappa shape index (κ3) is 2.96. The first-order chi connectivity index (χ1) is 4.99. The van der Waals surface area contributed by atoms with E-state index in [1.807, 2.05) is 0 Å². The number of thiocarbonyl (C=S) groups is 1. The monoisotopic (exact) mass is 211 g/mol. The summed E-state index contributed by atoms with van der Waals surface area (Å²) in [6.45, 7) is 0. The lowest BCUT2D eigenvalue weighted by atomic mass is 10.4. The third-order valence-electron chi connectivity index (χ3n) is 1.47. The molecule has 1 rings (SSSR count). The van der Waals surface area contributed by atoms with Gasteiger partial charge in [-0.1, -0.05) is 24.0 Å². The zero-order valence-corrected chi connectivity index (χ0v) is 8.27. The molecule has 1 saturated heterocycles. The SMILES string of the molecule is NC(=S)SC1CCS(=O)(=O)C1. The van der Waals surface area contributed by atoms with Crippen molar-refractivity contribution in [3.8, 4) is 0 Å². The minimum atomic E-state index is -2.78. The number of rotatable bonds is 1. The van der Waals surface area contributed by atoms with Crippen molar-refractivity contribution in [1.82, 2.24) is 0 Å². The van der Waals surface area contributed by atoms with E-state index < -0.39 is 9.84 Å². The number of thioether (sulfide) groups is 1. The normalized spacial score (nSPS) is 28.5. The van der Waals surface area contributed by atoms with Gasteiger partial charge in [-0.15, -0.1) is 0 Å². The first-order valence-corrected chi connectivity index (χ1v) is 6.27. The van der Waals surface area contributed by atoms with Crippen molar-refractivity contribution < 1.29 is 8.42 Å². The minimum absolute atomic E-state index is 0.0949. The van der Waals surface area contributed by atoms with Crippen LogP contribution in [0.25, 0.3) is 0 Å². The average Bonchev–Trinajstić information content (AvgIpc) is 2.08. The van der Waals surface area contributed by atoms with E-state index in [2.05, 4.69) is 12.2 Å². The number of hydrogen-bond donors (Lipinski definition) is 1. The Hall–Kier alpha value is 0.190. The molecule has 3 nitrogen and oxygen atoms in total. The van der Waals surface area contributed by atoms with Gasteiger partial charge in [-0.25, -0.2) is 8.42 Å². The van der Waals surface area contributed by atoms with E-state index in [4.69, 9.17) is 5.73 Å². The molecule has 64 valence electrons. The Morgan fingerprint density at radius 3 is 2.64 bits per heavy atom. The second-order valence-electron chi connectivity index (χ2n) is 2.46. The Bertz CT molecular complexity index is 259. The molecule has 1 aliphatic rings. The van der Waals surface area contributed by atoms with Crippen molar-refractivity contribution in [2.24, 2.45) is 5.73 Å². The van der Waals surface area contributed by atoms with Crippen LogP contribution in [0, 0.1) is 0 Å². The first-order valence-electron chi connectivity index (χ1n) is 3.16. The first kappa shape index (κ1) is 9.28. The second kappa shape index (κ2) is 3.28. The van der Waals surface area contributed by atoms with Gasteiger partial charge in [0, 0.05) is 5.25 Å². The largest absolute Gasteiger partial charge is 0.385 e. The van der Waals surface area contributed by atoms with Crippen LogP contribution in [-0.2, 0) is 9.84 Å². The van der Waals surface area contributed by atoms with Gasteiger partial charge in [0.05, 0.1) is 11.5 Å². The predicted octanol–water partition coefficient (Wildman–Crippen LogP) is 0.150. The summed E-state index contributed by atoms with van der Waals surface area (Å²) >= 11 is 5.95. The molecule has 0 aromatic rings. The highest BCUT2D eigenvalue weighted by Crippen LogP contribution is 2.23. The summed E-state index contributed by atoms with van der Waals surface area (Å²) < 4.78 is 22.2. The van der Waals surface area contributed by atoms with Crippen molar-refractivity contribution in [3.05, 3.63) is 0 Å². The summed E-state index contributed by atoms with van der Waals surface area (Å²) in [4.78, 5) is 0. The van der Waals surface area contributed by atoms with Crippen molar-refractivity contribution >= 4 is 38.1 Å². The lowest BCUT2D eigenvalue weighted by molar-refractivity contribution is 0.602. The zero-order chi connectivity index (χ0) is 8.48. The van der Waals surface area contributed by atoms with E-state index in [0.29, 0.717) is 10.7 Å². The summed E-state index contributed by atoms with van der Waals surface area (Å²) in [5.74, 6) is 0.516. The van der Waals surface area contributed by atoms with Gasteiger partial charge in [0.2, 0.25) is 0 Å². The van der Waals surface area contributed by atoms with Crippen LogP contribution >= 0.6 is 24.0 Å². The zero-order valence-electron chi connectivity index (χ0n) is 5.82. The highest BCUT2D eigenvalue weighted by molar-refractivity contribution is 8.23. The highest BCUT2D eigenvalue weighted by atomic mass is 32.2. The smallest absolute Gasteiger partial charge is 0.151 e. The maximum absolute atomic E-state index is 10.9. The molecule has 1 fully saturated rings. The molecule has 1 heterocycles. The van der Waals surface area contributed by atoms with E-state index in [-0.39, 0.29) is 16.8 Å². The maximum Gasteiger partial charge on any atom is 0.151 e. The fourth-order valence-electron chi connectivity index (χ4n) is 1.02. The molecule has 1 atom stereocenters. The minimum Gasteiger partial charge on any atom is -0.385 e. The molecule has 0 saturated carbocycles. The third-order valence-corrected chi connectivity index (χ3v) is 4.71. The Kier molecular flexibility index (Phi) is 2.77. The van der Waals surface area contributed by atoms with Crippen LogP contribution in [0.2, 0.25) is 0 Å². The quantitative estimate of drug-likeness (QED) is 0.626. The molecule has 0 spiro atoms.